The van der Waals surface area contributed by atoms with E-state index in [9.17, 15) is 0 Å². The molecule has 0 aliphatic carbocycles. The maximum atomic E-state index is 2.60. The highest BCUT2D eigenvalue weighted by molar-refractivity contribution is 4.84. The van der Waals surface area contributed by atoms with E-state index in [0.717, 1.165) is 0 Å². The van der Waals surface area contributed by atoms with Crippen LogP contribution in [0.1, 0.15) is 155 Å². The third-order valence-corrected chi connectivity index (χ3v) is 6.85. The zero-order valence-corrected chi connectivity index (χ0v) is 21.8. The predicted molar refractivity (Wildman–Crippen MR) is 138 cm³/mol. The molecule has 0 aromatic carbocycles. The zero-order chi connectivity index (χ0) is 22.4. The topological polar surface area (TPSA) is 8.81 Å². The summed E-state index contributed by atoms with van der Waals surface area (Å²) >= 11 is 0. The fourth-order valence-electron chi connectivity index (χ4n) is 4.73. The molecule has 1 aromatic heterocycles. The summed E-state index contributed by atoms with van der Waals surface area (Å²) in [4.78, 5) is 0. The first kappa shape index (κ1) is 28.2. The molecule has 31 heavy (non-hydrogen) atoms. The Balaban J connectivity index is 2.36. The van der Waals surface area contributed by atoms with Crippen LogP contribution in [0.25, 0.3) is 0 Å². The second kappa shape index (κ2) is 21.1. The van der Waals surface area contributed by atoms with Crippen molar-refractivity contribution in [3.05, 3.63) is 18.2 Å². The Kier molecular flexibility index (Phi) is 19.2. The van der Waals surface area contributed by atoms with Crippen molar-refractivity contribution in [1.29, 1.82) is 0 Å². The Morgan fingerprint density at radius 2 is 1.00 bits per heavy atom. The van der Waals surface area contributed by atoms with Crippen molar-refractivity contribution in [1.82, 2.24) is 4.57 Å². The normalized spacial score (nSPS) is 11.5. The molecule has 0 fully saturated rings. The molecule has 0 spiro atoms. The van der Waals surface area contributed by atoms with Crippen LogP contribution in [0.2, 0.25) is 0 Å². The summed E-state index contributed by atoms with van der Waals surface area (Å²) in [6, 6.07) is 0. The molecule has 182 valence electrons. The monoisotopic (exact) mass is 433 g/mol. The summed E-state index contributed by atoms with van der Waals surface area (Å²) in [6.45, 7) is 9.36. The zero-order valence-electron chi connectivity index (χ0n) is 21.8. The van der Waals surface area contributed by atoms with E-state index in [2.05, 4.69) is 42.3 Å². The van der Waals surface area contributed by atoms with Crippen molar-refractivity contribution in [2.24, 2.45) is 0 Å². The van der Waals surface area contributed by atoms with Gasteiger partial charge in [0.2, 0.25) is 0 Å². The number of rotatable bonds is 23. The van der Waals surface area contributed by atoms with Gasteiger partial charge in [-0.05, 0) is 32.1 Å². The number of imidazole rings is 1. The van der Waals surface area contributed by atoms with Crippen LogP contribution in [0.3, 0.4) is 0 Å². The minimum absolute atomic E-state index is 1.22. The van der Waals surface area contributed by atoms with Crippen LogP contribution in [0.5, 0.6) is 0 Å². The van der Waals surface area contributed by atoms with E-state index in [1.54, 1.807) is 5.82 Å². The van der Waals surface area contributed by atoms with Gasteiger partial charge in [-0.25, -0.2) is 9.13 Å². The Hall–Kier alpha value is -0.790. The van der Waals surface area contributed by atoms with Gasteiger partial charge in [0.15, 0.2) is 0 Å². The fourth-order valence-corrected chi connectivity index (χ4v) is 4.73. The van der Waals surface area contributed by atoms with Crippen LogP contribution in [0, 0.1) is 0 Å². The SMILES string of the molecule is CCCCCCCCCCc1n(CCCCCCCCCC)cc[n+]1CCCCCC. The molecule has 0 aliphatic rings. The number of hydrogen-bond donors (Lipinski definition) is 0. The Morgan fingerprint density at radius 3 is 1.55 bits per heavy atom. The third kappa shape index (κ3) is 14.8. The van der Waals surface area contributed by atoms with Gasteiger partial charge >= 0.3 is 0 Å². The van der Waals surface area contributed by atoms with Crippen molar-refractivity contribution in [3.63, 3.8) is 0 Å². The summed E-state index contributed by atoms with van der Waals surface area (Å²) < 4.78 is 5.18. The van der Waals surface area contributed by atoms with Crippen molar-refractivity contribution in [2.75, 3.05) is 0 Å². The van der Waals surface area contributed by atoms with Crippen LogP contribution >= 0.6 is 0 Å². The smallest absolute Gasteiger partial charge is 0.234 e. The lowest BCUT2D eigenvalue weighted by atomic mass is 10.1. The molecule has 1 aromatic rings. The molecule has 0 bridgehead atoms. The van der Waals surface area contributed by atoms with E-state index in [1.165, 1.54) is 148 Å². The standard InChI is InChI=1S/C29H57N2/c1-4-7-10-13-15-17-19-21-24-29-30(25-22-12-9-6-3)27-28-31(29)26-23-20-18-16-14-11-8-5-2/h27-28H,4-26H2,1-3H3/q+1. The van der Waals surface area contributed by atoms with Crippen LogP contribution < -0.4 is 4.57 Å². The second-order valence-corrected chi connectivity index (χ2v) is 9.86. The number of hydrogen-bond acceptors (Lipinski definition) is 0. The van der Waals surface area contributed by atoms with Crippen molar-refractivity contribution in [2.45, 2.75) is 169 Å². The first-order valence-corrected chi connectivity index (χ1v) is 14.4. The molecule has 0 unspecified atom stereocenters. The van der Waals surface area contributed by atoms with Crippen molar-refractivity contribution in [3.8, 4) is 0 Å². The number of aromatic nitrogens is 2. The lowest BCUT2D eigenvalue weighted by molar-refractivity contribution is -0.704. The molecular weight excluding hydrogens is 376 g/mol. The molecule has 0 radical (unpaired) electrons. The van der Waals surface area contributed by atoms with Crippen molar-refractivity contribution < 1.29 is 4.57 Å². The van der Waals surface area contributed by atoms with Gasteiger partial charge < -0.3 is 0 Å². The lowest BCUT2D eigenvalue weighted by Gasteiger charge is -2.07. The van der Waals surface area contributed by atoms with Crippen molar-refractivity contribution >= 4 is 0 Å². The molecule has 1 heterocycles. The van der Waals surface area contributed by atoms with Crippen LogP contribution in [-0.4, -0.2) is 4.57 Å². The molecule has 0 N–H and O–H groups in total. The molecule has 0 saturated carbocycles. The highest BCUT2D eigenvalue weighted by atomic mass is 15.1. The van der Waals surface area contributed by atoms with Gasteiger partial charge in [-0.3, -0.25) is 0 Å². The summed E-state index contributed by atoms with van der Waals surface area (Å²) in [6.07, 6.45) is 34.0. The van der Waals surface area contributed by atoms with Crippen LogP contribution in [-0.2, 0) is 19.5 Å². The largest absolute Gasteiger partial charge is 0.256 e. The Morgan fingerprint density at radius 1 is 0.548 bits per heavy atom. The van der Waals surface area contributed by atoms with E-state index in [4.69, 9.17) is 0 Å². The number of aryl methyl sites for hydroxylation is 2. The third-order valence-electron chi connectivity index (χ3n) is 6.85. The first-order valence-electron chi connectivity index (χ1n) is 14.4. The van der Waals surface area contributed by atoms with Gasteiger partial charge in [-0.1, -0.05) is 117 Å². The van der Waals surface area contributed by atoms with Gasteiger partial charge in [0.25, 0.3) is 5.82 Å². The minimum Gasteiger partial charge on any atom is -0.234 e. The molecular formula is C29H57N2+. The van der Waals surface area contributed by atoms with Crippen LogP contribution in [0.4, 0.5) is 0 Å². The van der Waals surface area contributed by atoms with E-state index in [0.29, 0.717) is 0 Å². The van der Waals surface area contributed by atoms with Gasteiger partial charge in [0, 0.05) is 6.42 Å². The first-order chi connectivity index (χ1) is 15.3. The quantitative estimate of drug-likeness (QED) is 0.120. The average Bonchev–Trinajstić information content (AvgIpc) is 3.16. The summed E-state index contributed by atoms with van der Waals surface area (Å²) in [5.41, 5.74) is 0. The number of nitrogens with zero attached hydrogens (tertiary/aromatic N) is 2. The molecule has 0 atom stereocenters. The van der Waals surface area contributed by atoms with E-state index < -0.39 is 0 Å². The Labute approximate surface area is 196 Å². The molecule has 2 heteroatoms. The molecule has 1 rings (SSSR count). The summed E-state index contributed by atoms with van der Waals surface area (Å²) in [7, 11) is 0. The maximum Gasteiger partial charge on any atom is 0.256 e. The lowest BCUT2D eigenvalue weighted by Crippen LogP contribution is -2.37. The highest BCUT2D eigenvalue weighted by Crippen LogP contribution is 2.13. The van der Waals surface area contributed by atoms with Crippen LogP contribution in [0.15, 0.2) is 12.4 Å². The number of unbranched alkanes of at least 4 members (excludes halogenated alkanes) is 17. The van der Waals surface area contributed by atoms with E-state index >= 15 is 0 Å². The average molecular weight is 434 g/mol. The predicted octanol–water partition coefficient (Wildman–Crippen LogP) is 9.18. The van der Waals surface area contributed by atoms with Gasteiger partial charge in [-0.15, -0.1) is 0 Å². The molecule has 2 nitrogen and oxygen atoms in total. The van der Waals surface area contributed by atoms with Gasteiger partial charge in [0.1, 0.15) is 12.4 Å². The minimum atomic E-state index is 1.22. The van der Waals surface area contributed by atoms with E-state index in [1.807, 2.05) is 0 Å². The highest BCUT2D eigenvalue weighted by Gasteiger charge is 2.16. The van der Waals surface area contributed by atoms with Gasteiger partial charge in [0.05, 0.1) is 13.1 Å². The van der Waals surface area contributed by atoms with Gasteiger partial charge in [-0.2, -0.15) is 0 Å². The summed E-state index contributed by atoms with van der Waals surface area (Å²) in [5, 5.41) is 0. The second-order valence-electron chi connectivity index (χ2n) is 9.86. The molecule has 0 saturated heterocycles. The Bertz CT molecular complexity index is 491. The molecule has 0 amide bonds. The molecule has 0 aliphatic heterocycles. The van der Waals surface area contributed by atoms with E-state index in [-0.39, 0.29) is 0 Å². The fraction of sp³-hybridized carbons (Fsp3) is 0.897. The summed E-state index contributed by atoms with van der Waals surface area (Å²) in [5.74, 6) is 1.60. The maximum absolute atomic E-state index is 2.60.